The van der Waals surface area contributed by atoms with Crippen LogP contribution in [0.1, 0.15) is 51.9 Å². The summed E-state index contributed by atoms with van der Waals surface area (Å²) in [5.74, 6) is -1.26. The molecule has 9 nitrogen and oxygen atoms in total. The normalized spacial score (nSPS) is 11.3. The number of carbonyl (C=O) groups is 3. The van der Waals surface area contributed by atoms with Crippen LogP contribution in [0.4, 0.5) is 5.69 Å². The lowest BCUT2D eigenvalue weighted by Crippen LogP contribution is -2.31. The Balaban J connectivity index is 1.70. The lowest BCUT2D eigenvalue weighted by atomic mass is 10.1. The van der Waals surface area contributed by atoms with E-state index in [0.29, 0.717) is 5.75 Å². The first-order chi connectivity index (χ1) is 16.9. The number of hydrogen-bond donors (Lipinski definition) is 2. The number of anilines is 1. The molecule has 2 aromatic carbocycles. The van der Waals surface area contributed by atoms with Crippen molar-refractivity contribution in [2.24, 2.45) is 0 Å². The standard InChI is InChI=1S/C26H28N2O7/c1-5-17-8-10-18(11-9-17)16(2)27-24(29)15-35-26(31)19-13-22(32-3)23(33-4)14-20(19)28-25(30)21-7-6-12-34-21/h6-14,16H,5,15H2,1-4H3,(H,27,29)(H,28,30). The Morgan fingerprint density at radius 1 is 1.00 bits per heavy atom. The van der Waals surface area contributed by atoms with E-state index in [-0.39, 0.29) is 28.8 Å². The van der Waals surface area contributed by atoms with E-state index < -0.39 is 24.4 Å². The molecule has 0 radical (unpaired) electrons. The zero-order valence-electron chi connectivity index (χ0n) is 20.0. The summed E-state index contributed by atoms with van der Waals surface area (Å²) in [4.78, 5) is 37.7. The van der Waals surface area contributed by atoms with Crippen LogP contribution >= 0.6 is 0 Å². The number of furan rings is 1. The number of nitrogens with one attached hydrogen (secondary N) is 2. The SMILES string of the molecule is CCc1ccc(C(C)NC(=O)COC(=O)c2cc(OC)c(OC)cc2NC(=O)c2ccco2)cc1. The topological polar surface area (TPSA) is 116 Å². The molecule has 2 amide bonds. The Hall–Kier alpha value is -4.27. The Morgan fingerprint density at radius 3 is 2.29 bits per heavy atom. The zero-order valence-corrected chi connectivity index (χ0v) is 20.0. The van der Waals surface area contributed by atoms with Crippen molar-refractivity contribution in [3.63, 3.8) is 0 Å². The minimum absolute atomic E-state index is 0.0152. The van der Waals surface area contributed by atoms with Gasteiger partial charge >= 0.3 is 5.97 Å². The first-order valence-electron chi connectivity index (χ1n) is 11.0. The van der Waals surface area contributed by atoms with Crippen LogP contribution in [0.25, 0.3) is 0 Å². The lowest BCUT2D eigenvalue weighted by molar-refractivity contribution is -0.124. The van der Waals surface area contributed by atoms with Crippen LogP contribution in [0.15, 0.2) is 59.2 Å². The van der Waals surface area contributed by atoms with Crippen molar-refractivity contribution in [3.8, 4) is 11.5 Å². The van der Waals surface area contributed by atoms with Crippen LogP contribution in [0, 0.1) is 0 Å². The molecule has 3 rings (SSSR count). The Labute approximate surface area is 203 Å². The molecule has 0 saturated heterocycles. The van der Waals surface area contributed by atoms with Gasteiger partial charge in [-0.15, -0.1) is 0 Å². The van der Waals surface area contributed by atoms with Crippen LogP contribution in [-0.4, -0.2) is 38.6 Å². The molecule has 0 aliphatic rings. The fourth-order valence-corrected chi connectivity index (χ4v) is 3.36. The van der Waals surface area contributed by atoms with Crippen LogP contribution in [0.2, 0.25) is 0 Å². The summed E-state index contributed by atoms with van der Waals surface area (Å²) in [6.45, 7) is 3.41. The maximum Gasteiger partial charge on any atom is 0.340 e. The van der Waals surface area contributed by atoms with Crippen LogP contribution < -0.4 is 20.1 Å². The van der Waals surface area contributed by atoms with E-state index in [1.165, 1.54) is 44.2 Å². The molecule has 1 atom stereocenters. The van der Waals surface area contributed by atoms with Gasteiger partial charge in [-0.25, -0.2) is 4.79 Å². The van der Waals surface area contributed by atoms with E-state index in [1.807, 2.05) is 31.2 Å². The van der Waals surface area contributed by atoms with Gasteiger partial charge in [-0.3, -0.25) is 9.59 Å². The number of aryl methyl sites for hydroxylation is 1. The molecule has 0 bridgehead atoms. The highest BCUT2D eigenvalue weighted by Crippen LogP contribution is 2.34. The molecule has 9 heteroatoms. The van der Waals surface area contributed by atoms with E-state index in [2.05, 4.69) is 17.6 Å². The van der Waals surface area contributed by atoms with Crippen molar-refractivity contribution in [1.82, 2.24) is 5.32 Å². The minimum Gasteiger partial charge on any atom is -0.493 e. The van der Waals surface area contributed by atoms with E-state index in [4.69, 9.17) is 18.6 Å². The number of esters is 1. The molecule has 3 aromatic rings. The zero-order chi connectivity index (χ0) is 25.4. The van der Waals surface area contributed by atoms with Crippen molar-refractivity contribution in [1.29, 1.82) is 0 Å². The van der Waals surface area contributed by atoms with Crippen molar-refractivity contribution in [3.05, 3.63) is 77.2 Å². The molecular formula is C26H28N2O7. The molecule has 1 unspecified atom stereocenters. The van der Waals surface area contributed by atoms with Gasteiger partial charge in [0.2, 0.25) is 0 Å². The Morgan fingerprint density at radius 2 is 1.69 bits per heavy atom. The van der Waals surface area contributed by atoms with Gasteiger partial charge in [0.15, 0.2) is 23.9 Å². The van der Waals surface area contributed by atoms with E-state index in [9.17, 15) is 14.4 Å². The number of rotatable bonds is 10. The summed E-state index contributed by atoms with van der Waals surface area (Å²) in [7, 11) is 2.84. The third-order valence-electron chi connectivity index (χ3n) is 5.34. The average Bonchev–Trinajstić information content (AvgIpc) is 3.42. The van der Waals surface area contributed by atoms with Crippen molar-refractivity contribution in [2.45, 2.75) is 26.3 Å². The maximum absolute atomic E-state index is 12.9. The fourth-order valence-electron chi connectivity index (χ4n) is 3.36. The maximum atomic E-state index is 12.9. The van der Waals surface area contributed by atoms with Gasteiger partial charge in [-0.2, -0.15) is 0 Å². The molecule has 0 spiro atoms. The van der Waals surface area contributed by atoms with E-state index >= 15 is 0 Å². The predicted molar refractivity (Wildman–Crippen MR) is 129 cm³/mol. The first-order valence-corrected chi connectivity index (χ1v) is 11.0. The molecule has 2 N–H and O–H groups in total. The monoisotopic (exact) mass is 480 g/mol. The van der Waals surface area contributed by atoms with Gasteiger partial charge in [-0.1, -0.05) is 31.2 Å². The van der Waals surface area contributed by atoms with Gasteiger partial charge in [0.25, 0.3) is 11.8 Å². The second-order valence-electron chi connectivity index (χ2n) is 7.64. The third-order valence-corrected chi connectivity index (χ3v) is 5.34. The minimum atomic E-state index is -0.823. The smallest absolute Gasteiger partial charge is 0.340 e. The van der Waals surface area contributed by atoms with Gasteiger partial charge in [0.1, 0.15) is 0 Å². The van der Waals surface area contributed by atoms with Crippen molar-refractivity contribution < 1.29 is 33.0 Å². The summed E-state index contributed by atoms with van der Waals surface area (Å²) < 4.78 is 20.9. The molecule has 1 aromatic heterocycles. The molecule has 0 aliphatic carbocycles. The Kier molecular flexibility index (Phi) is 8.50. The van der Waals surface area contributed by atoms with Crippen LogP contribution in [-0.2, 0) is 16.0 Å². The van der Waals surface area contributed by atoms with Crippen LogP contribution in [0.5, 0.6) is 11.5 Å². The third kappa shape index (κ3) is 6.41. The molecule has 1 heterocycles. The highest BCUT2D eigenvalue weighted by Gasteiger charge is 2.22. The van der Waals surface area contributed by atoms with Gasteiger partial charge < -0.3 is 29.3 Å². The van der Waals surface area contributed by atoms with E-state index in [1.54, 1.807) is 6.07 Å². The number of hydrogen-bond acceptors (Lipinski definition) is 7. The van der Waals surface area contributed by atoms with Crippen LogP contribution in [0.3, 0.4) is 0 Å². The first kappa shape index (κ1) is 25.4. The predicted octanol–water partition coefficient (Wildman–Crippen LogP) is 4.15. The number of methoxy groups -OCH3 is 2. The number of amides is 2. The van der Waals surface area contributed by atoms with Crippen molar-refractivity contribution in [2.75, 3.05) is 26.1 Å². The summed E-state index contributed by atoms with van der Waals surface area (Å²) in [6, 6.07) is 13.5. The summed E-state index contributed by atoms with van der Waals surface area (Å²) in [5.41, 5.74) is 2.23. The van der Waals surface area contributed by atoms with Gasteiger partial charge in [0.05, 0.1) is 37.8 Å². The quantitative estimate of drug-likeness (QED) is 0.419. The number of benzene rings is 2. The largest absolute Gasteiger partial charge is 0.493 e. The second kappa shape index (κ2) is 11.7. The highest BCUT2D eigenvalue weighted by atomic mass is 16.5. The summed E-state index contributed by atoms with van der Waals surface area (Å²) >= 11 is 0. The summed E-state index contributed by atoms with van der Waals surface area (Å²) in [5, 5.41) is 5.40. The van der Waals surface area contributed by atoms with Gasteiger partial charge in [0, 0.05) is 12.1 Å². The molecule has 0 fully saturated rings. The van der Waals surface area contributed by atoms with Crippen molar-refractivity contribution >= 4 is 23.5 Å². The molecule has 0 saturated carbocycles. The van der Waals surface area contributed by atoms with Gasteiger partial charge in [-0.05, 0) is 36.6 Å². The highest BCUT2D eigenvalue weighted by molar-refractivity contribution is 6.07. The molecule has 35 heavy (non-hydrogen) atoms. The molecular weight excluding hydrogens is 452 g/mol. The molecule has 0 aliphatic heterocycles. The lowest BCUT2D eigenvalue weighted by Gasteiger charge is -2.16. The second-order valence-corrected chi connectivity index (χ2v) is 7.64. The summed E-state index contributed by atoms with van der Waals surface area (Å²) in [6.07, 6.45) is 2.29. The van der Waals surface area contributed by atoms with E-state index in [0.717, 1.165) is 12.0 Å². The number of ether oxygens (including phenoxy) is 3. The molecule has 184 valence electrons. The number of carbonyl (C=O) groups excluding carboxylic acids is 3. The Bertz CT molecular complexity index is 1170. The average molecular weight is 481 g/mol. The fraction of sp³-hybridized carbons (Fsp3) is 0.269.